The molecular formula is C12H18N2O2. The van der Waals surface area contributed by atoms with E-state index >= 15 is 0 Å². The molecule has 16 heavy (non-hydrogen) atoms. The number of aromatic nitrogens is 2. The summed E-state index contributed by atoms with van der Waals surface area (Å²) in [4.78, 5) is 11.2. The van der Waals surface area contributed by atoms with Crippen LogP contribution in [0.3, 0.4) is 0 Å². The molecule has 1 saturated heterocycles. The molecule has 1 aliphatic rings. The fourth-order valence-corrected chi connectivity index (χ4v) is 2.24. The van der Waals surface area contributed by atoms with Gasteiger partial charge in [-0.15, -0.1) is 0 Å². The molecule has 0 radical (unpaired) electrons. The molecule has 0 saturated carbocycles. The lowest BCUT2D eigenvalue weighted by Crippen LogP contribution is -2.15. The van der Waals surface area contributed by atoms with E-state index in [2.05, 4.69) is 24.0 Å². The maximum Gasteiger partial charge on any atom is 0.153 e. The minimum absolute atomic E-state index is 0.282. The van der Waals surface area contributed by atoms with E-state index < -0.39 is 0 Å². The zero-order valence-electron chi connectivity index (χ0n) is 9.82. The number of aldehydes is 1. The molecule has 2 heterocycles. The standard InChI is InChI=1S/C12H18N2O2/c1-8(2)11-10(7-15)12(14-13-11)9-3-5-16-6-4-9/h7-9H,3-6H2,1-2H3,(H,13,14). The average molecular weight is 222 g/mol. The maximum atomic E-state index is 11.2. The van der Waals surface area contributed by atoms with Gasteiger partial charge in [-0.3, -0.25) is 9.89 Å². The van der Waals surface area contributed by atoms with Crippen molar-refractivity contribution in [2.75, 3.05) is 13.2 Å². The van der Waals surface area contributed by atoms with Crippen molar-refractivity contribution in [2.45, 2.75) is 38.5 Å². The van der Waals surface area contributed by atoms with Gasteiger partial charge in [0, 0.05) is 24.8 Å². The second kappa shape index (κ2) is 4.78. The van der Waals surface area contributed by atoms with Crippen LogP contribution in [0.25, 0.3) is 0 Å². The van der Waals surface area contributed by atoms with Gasteiger partial charge in [0.2, 0.25) is 0 Å². The molecule has 1 aromatic rings. The average Bonchev–Trinajstić information content (AvgIpc) is 2.73. The molecule has 1 fully saturated rings. The van der Waals surface area contributed by atoms with Gasteiger partial charge in [0.15, 0.2) is 6.29 Å². The monoisotopic (exact) mass is 222 g/mol. The second-order valence-electron chi connectivity index (χ2n) is 4.60. The third-order valence-corrected chi connectivity index (χ3v) is 3.16. The van der Waals surface area contributed by atoms with Crippen LogP contribution in [0.1, 0.15) is 60.3 Å². The number of aromatic amines is 1. The van der Waals surface area contributed by atoms with Crippen molar-refractivity contribution in [3.8, 4) is 0 Å². The molecule has 88 valence electrons. The van der Waals surface area contributed by atoms with Crippen LogP contribution in [0.15, 0.2) is 0 Å². The number of ether oxygens (including phenoxy) is 1. The molecule has 0 aromatic carbocycles. The molecule has 4 nitrogen and oxygen atoms in total. The Morgan fingerprint density at radius 1 is 1.44 bits per heavy atom. The summed E-state index contributed by atoms with van der Waals surface area (Å²) >= 11 is 0. The summed E-state index contributed by atoms with van der Waals surface area (Å²) in [5.74, 6) is 0.680. The lowest BCUT2D eigenvalue weighted by Gasteiger charge is -2.21. The number of hydrogen-bond donors (Lipinski definition) is 1. The Morgan fingerprint density at radius 2 is 2.12 bits per heavy atom. The molecule has 0 amide bonds. The van der Waals surface area contributed by atoms with E-state index in [1.54, 1.807) is 0 Å². The molecule has 0 bridgehead atoms. The van der Waals surface area contributed by atoms with Crippen molar-refractivity contribution < 1.29 is 9.53 Å². The highest BCUT2D eigenvalue weighted by atomic mass is 16.5. The van der Waals surface area contributed by atoms with Crippen LogP contribution < -0.4 is 0 Å². The molecule has 0 unspecified atom stereocenters. The fourth-order valence-electron chi connectivity index (χ4n) is 2.24. The number of carbonyl (C=O) groups excluding carboxylic acids is 1. The summed E-state index contributed by atoms with van der Waals surface area (Å²) in [7, 11) is 0. The summed E-state index contributed by atoms with van der Waals surface area (Å²) in [5, 5.41) is 7.30. The summed E-state index contributed by atoms with van der Waals surface area (Å²) in [6.45, 7) is 5.66. The van der Waals surface area contributed by atoms with Gasteiger partial charge in [-0.1, -0.05) is 13.8 Å². The molecule has 1 N–H and O–H groups in total. The van der Waals surface area contributed by atoms with Crippen LogP contribution in [-0.4, -0.2) is 29.7 Å². The largest absolute Gasteiger partial charge is 0.381 e. The van der Waals surface area contributed by atoms with Gasteiger partial charge in [-0.25, -0.2) is 0 Å². The predicted molar refractivity (Wildman–Crippen MR) is 60.9 cm³/mol. The van der Waals surface area contributed by atoms with Crippen molar-refractivity contribution in [2.24, 2.45) is 0 Å². The van der Waals surface area contributed by atoms with Crippen molar-refractivity contribution in [1.29, 1.82) is 0 Å². The van der Waals surface area contributed by atoms with Crippen LogP contribution in [-0.2, 0) is 4.74 Å². The summed E-state index contributed by atoms with van der Waals surface area (Å²) < 4.78 is 5.33. The number of H-pyrrole nitrogens is 1. The minimum atomic E-state index is 0.282. The molecule has 1 aromatic heterocycles. The highest BCUT2D eigenvalue weighted by Crippen LogP contribution is 2.30. The van der Waals surface area contributed by atoms with Gasteiger partial charge in [0.05, 0.1) is 11.3 Å². The normalized spacial score (nSPS) is 17.9. The van der Waals surface area contributed by atoms with E-state index in [1.807, 2.05) is 0 Å². The quantitative estimate of drug-likeness (QED) is 0.798. The summed E-state index contributed by atoms with van der Waals surface area (Å²) in [6.07, 6.45) is 2.88. The first-order valence-corrected chi connectivity index (χ1v) is 5.85. The van der Waals surface area contributed by atoms with Crippen LogP contribution in [0.4, 0.5) is 0 Å². The third-order valence-electron chi connectivity index (χ3n) is 3.16. The Hall–Kier alpha value is -1.16. The first-order chi connectivity index (χ1) is 7.74. The van der Waals surface area contributed by atoms with Crippen molar-refractivity contribution in [3.63, 3.8) is 0 Å². The Kier molecular flexibility index (Phi) is 3.39. The molecule has 1 aliphatic heterocycles. The van der Waals surface area contributed by atoms with Crippen LogP contribution in [0, 0.1) is 0 Å². The van der Waals surface area contributed by atoms with E-state index in [4.69, 9.17) is 4.74 Å². The number of nitrogens with zero attached hydrogens (tertiary/aromatic N) is 1. The Balaban J connectivity index is 2.29. The van der Waals surface area contributed by atoms with E-state index in [0.717, 1.165) is 49.3 Å². The van der Waals surface area contributed by atoms with Gasteiger partial charge >= 0.3 is 0 Å². The predicted octanol–water partition coefficient (Wildman–Crippen LogP) is 2.24. The fraction of sp³-hybridized carbons (Fsp3) is 0.667. The van der Waals surface area contributed by atoms with Gasteiger partial charge in [-0.05, 0) is 18.8 Å². The Bertz CT molecular complexity index is 365. The molecule has 0 aliphatic carbocycles. The van der Waals surface area contributed by atoms with Gasteiger partial charge in [0.25, 0.3) is 0 Å². The van der Waals surface area contributed by atoms with Crippen LogP contribution >= 0.6 is 0 Å². The van der Waals surface area contributed by atoms with E-state index in [0.29, 0.717) is 5.92 Å². The first-order valence-electron chi connectivity index (χ1n) is 5.85. The summed E-state index contributed by atoms with van der Waals surface area (Å²) in [5.41, 5.74) is 2.65. The summed E-state index contributed by atoms with van der Waals surface area (Å²) in [6, 6.07) is 0. The number of rotatable bonds is 3. The molecule has 0 spiro atoms. The van der Waals surface area contributed by atoms with Crippen molar-refractivity contribution in [1.82, 2.24) is 10.2 Å². The highest BCUT2D eigenvalue weighted by molar-refractivity contribution is 5.79. The minimum Gasteiger partial charge on any atom is -0.381 e. The number of nitrogens with one attached hydrogen (secondary N) is 1. The topological polar surface area (TPSA) is 55.0 Å². The van der Waals surface area contributed by atoms with E-state index in [1.165, 1.54) is 0 Å². The highest BCUT2D eigenvalue weighted by Gasteiger charge is 2.23. The molecule has 2 rings (SSSR count). The number of hydrogen-bond acceptors (Lipinski definition) is 3. The lowest BCUT2D eigenvalue weighted by atomic mass is 9.92. The Labute approximate surface area is 95.4 Å². The van der Waals surface area contributed by atoms with Crippen LogP contribution in [0.5, 0.6) is 0 Å². The van der Waals surface area contributed by atoms with Gasteiger partial charge < -0.3 is 4.74 Å². The van der Waals surface area contributed by atoms with Crippen LogP contribution in [0.2, 0.25) is 0 Å². The molecular weight excluding hydrogens is 204 g/mol. The molecule has 4 heteroatoms. The Morgan fingerprint density at radius 3 is 2.69 bits per heavy atom. The van der Waals surface area contributed by atoms with Crippen molar-refractivity contribution >= 4 is 6.29 Å². The zero-order valence-corrected chi connectivity index (χ0v) is 9.82. The van der Waals surface area contributed by atoms with Gasteiger partial charge in [0.1, 0.15) is 0 Å². The van der Waals surface area contributed by atoms with E-state index in [9.17, 15) is 4.79 Å². The SMILES string of the molecule is CC(C)c1n[nH]c(C2CCOCC2)c1C=O. The maximum absolute atomic E-state index is 11.2. The smallest absolute Gasteiger partial charge is 0.153 e. The van der Waals surface area contributed by atoms with Crippen molar-refractivity contribution in [3.05, 3.63) is 17.0 Å². The lowest BCUT2D eigenvalue weighted by molar-refractivity contribution is 0.0841. The zero-order chi connectivity index (χ0) is 11.5. The third kappa shape index (κ3) is 2.02. The molecule has 0 atom stereocenters. The number of carbonyl (C=O) groups is 1. The van der Waals surface area contributed by atoms with Gasteiger partial charge in [-0.2, -0.15) is 5.10 Å². The second-order valence-corrected chi connectivity index (χ2v) is 4.60. The first kappa shape index (κ1) is 11.3. The van der Waals surface area contributed by atoms with E-state index in [-0.39, 0.29) is 5.92 Å².